The van der Waals surface area contributed by atoms with Crippen LogP contribution in [-0.2, 0) is 13.1 Å². The van der Waals surface area contributed by atoms with Gasteiger partial charge in [0, 0.05) is 29.7 Å². The molecule has 0 aliphatic heterocycles. The Kier molecular flexibility index (Phi) is 5.90. The van der Waals surface area contributed by atoms with Gasteiger partial charge in [0.1, 0.15) is 5.75 Å². The summed E-state index contributed by atoms with van der Waals surface area (Å²) in [5, 5.41) is 4.86. The van der Waals surface area contributed by atoms with Gasteiger partial charge in [-0.2, -0.15) is 0 Å². The molecule has 3 heteroatoms. The highest BCUT2D eigenvalue weighted by Gasteiger charge is 2.14. The fourth-order valence-corrected chi connectivity index (χ4v) is 2.94. The third kappa shape index (κ3) is 3.46. The van der Waals surface area contributed by atoms with Crippen LogP contribution in [0.25, 0.3) is 10.9 Å². The second kappa shape index (κ2) is 7.68. The lowest BCUT2D eigenvalue weighted by molar-refractivity contribution is 0.217. The fraction of sp³-hybridized carbons (Fsp3) is 0.579. The Labute approximate surface area is 134 Å². The fourth-order valence-electron chi connectivity index (χ4n) is 2.94. The standard InChI is InChI=1S/C19H30N2O/c1-6-11-20-13-18-15(5)21(8-3)19-10-9-16(12-17(18)19)22-14(4)7-2/h9-10,12,14,20H,6-8,11,13H2,1-5H3/t14-/m0/s1. The second-order valence-electron chi connectivity index (χ2n) is 6.00. The van der Waals surface area contributed by atoms with Crippen LogP contribution >= 0.6 is 0 Å². The Morgan fingerprint density at radius 2 is 2.00 bits per heavy atom. The number of rotatable bonds is 8. The van der Waals surface area contributed by atoms with Gasteiger partial charge < -0.3 is 14.6 Å². The molecule has 1 atom stereocenters. The van der Waals surface area contributed by atoms with Gasteiger partial charge >= 0.3 is 0 Å². The van der Waals surface area contributed by atoms with Crippen LogP contribution in [0.4, 0.5) is 0 Å². The van der Waals surface area contributed by atoms with E-state index in [0.29, 0.717) is 0 Å². The third-order valence-corrected chi connectivity index (χ3v) is 4.38. The van der Waals surface area contributed by atoms with Crippen molar-refractivity contribution in [1.29, 1.82) is 0 Å². The molecule has 0 aliphatic carbocycles. The van der Waals surface area contributed by atoms with E-state index in [1.165, 1.54) is 22.2 Å². The van der Waals surface area contributed by atoms with Crippen LogP contribution < -0.4 is 10.1 Å². The van der Waals surface area contributed by atoms with Crippen molar-refractivity contribution in [3.8, 4) is 5.75 Å². The molecule has 0 fully saturated rings. The minimum atomic E-state index is 0.258. The van der Waals surface area contributed by atoms with E-state index in [9.17, 15) is 0 Å². The molecule has 0 radical (unpaired) electrons. The van der Waals surface area contributed by atoms with Crippen LogP contribution in [0.15, 0.2) is 18.2 Å². The van der Waals surface area contributed by atoms with Gasteiger partial charge in [0.2, 0.25) is 0 Å². The van der Waals surface area contributed by atoms with E-state index >= 15 is 0 Å². The first-order valence-corrected chi connectivity index (χ1v) is 8.61. The number of hydrogen-bond donors (Lipinski definition) is 1. The van der Waals surface area contributed by atoms with Crippen LogP contribution in [0.5, 0.6) is 5.75 Å². The molecule has 0 unspecified atom stereocenters. The van der Waals surface area contributed by atoms with Gasteiger partial charge in [-0.15, -0.1) is 0 Å². The van der Waals surface area contributed by atoms with Crippen molar-refractivity contribution < 1.29 is 4.74 Å². The zero-order valence-corrected chi connectivity index (χ0v) is 14.7. The largest absolute Gasteiger partial charge is 0.491 e. The van der Waals surface area contributed by atoms with Crippen molar-refractivity contribution in [3.05, 3.63) is 29.5 Å². The zero-order chi connectivity index (χ0) is 16.1. The van der Waals surface area contributed by atoms with Gasteiger partial charge in [-0.25, -0.2) is 0 Å². The lowest BCUT2D eigenvalue weighted by Gasteiger charge is -2.13. The molecule has 1 N–H and O–H groups in total. The molecular formula is C19H30N2O. The summed E-state index contributed by atoms with van der Waals surface area (Å²) in [6.45, 7) is 13.9. The summed E-state index contributed by atoms with van der Waals surface area (Å²) in [4.78, 5) is 0. The average molecular weight is 302 g/mol. The smallest absolute Gasteiger partial charge is 0.120 e. The van der Waals surface area contributed by atoms with E-state index in [4.69, 9.17) is 4.74 Å². The lowest BCUT2D eigenvalue weighted by atomic mass is 10.1. The van der Waals surface area contributed by atoms with Gasteiger partial charge in [-0.1, -0.05) is 13.8 Å². The third-order valence-electron chi connectivity index (χ3n) is 4.38. The van der Waals surface area contributed by atoms with E-state index in [2.05, 4.69) is 62.7 Å². The first-order chi connectivity index (χ1) is 10.6. The van der Waals surface area contributed by atoms with E-state index in [0.717, 1.165) is 38.2 Å². The number of hydrogen-bond acceptors (Lipinski definition) is 2. The molecule has 0 saturated heterocycles. The monoisotopic (exact) mass is 302 g/mol. The highest BCUT2D eigenvalue weighted by atomic mass is 16.5. The molecule has 0 amide bonds. The lowest BCUT2D eigenvalue weighted by Crippen LogP contribution is -2.14. The zero-order valence-electron chi connectivity index (χ0n) is 14.7. The molecule has 0 aliphatic rings. The van der Waals surface area contributed by atoms with Gasteiger partial charge in [-0.05, 0) is 63.9 Å². The van der Waals surface area contributed by atoms with E-state index in [-0.39, 0.29) is 6.10 Å². The Bertz CT molecular complexity index is 615. The van der Waals surface area contributed by atoms with Crippen LogP contribution in [0.1, 0.15) is 51.8 Å². The Balaban J connectivity index is 2.41. The van der Waals surface area contributed by atoms with Crippen molar-refractivity contribution in [1.82, 2.24) is 9.88 Å². The summed E-state index contributed by atoms with van der Waals surface area (Å²) in [5.41, 5.74) is 4.08. The topological polar surface area (TPSA) is 26.2 Å². The number of nitrogens with one attached hydrogen (secondary N) is 1. The predicted octanol–water partition coefficient (Wildman–Crippen LogP) is 4.65. The first-order valence-electron chi connectivity index (χ1n) is 8.61. The summed E-state index contributed by atoms with van der Waals surface area (Å²) >= 11 is 0. The number of nitrogens with zero attached hydrogens (tertiary/aromatic N) is 1. The molecule has 0 bridgehead atoms. The predicted molar refractivity (Wildman–Crippen MR) is 94.7 cm³/mol. The summed E-state index contributed by atoms with van der Waals surface area (Å²) < 4.78 is 8.40. The number of aryl methyl sites for hydroxylation is 1. The molecule has 22 heavy (non-hydrogen) atoms. The van der Waals surface area contributed by atoms with Crippen LogP contribution in [-0.4, -0.2) is 17.2 Å². The molecule has 2 aromatic rings. The maximum Gasteiger partial charge on any atom is 0.120 e. The summed E-state index contributed by atoms with van der Waals surface area (Å²) in [6, 6.07) is 6.51. The van der Waals surface area contributed by atoms with E-state index in [1.807, 2.05) is 0 Å². The summed E-state index contributed by atoms with van der Waals surface area (Å²) in [6.07, 6.45) is 2.44. The second-order valence-corrected chi connectivity index (χ2v) is 6.00. The van der Waals surface area contributed by atoms with Gasteiger partial charge in [0.15, 0.2) is 0 Å². The number of fused-ring (bicyclic) bond motifs is 1. The number of ether oxygens (including phenoxy) is 1. The first kappa shape index (κ1) is 16.9. The Morgan fingerprint density at radius 1 is 1.23 bits per heavy atom. The summed E-state index contributed by atoms with van der Waals surface area (Å²) in [5.74, 6) is 0.979. The molecule has 1 heterocycles. The molecule has 2 rings (SSSR count). The Hall–Kier alpha value is -1.48. The van der Waals surface area contributed by atoms with Crippen molar-refractivity contribution in [2.75, 3.05) is 6.54 Å². The minimum absolute atomic E-state index is 0.258. The van der Waals surface area contributed by atoms with Crippen molar-refractivity contribution >= 4 is 10.9 Å². The molecule has 0 saturated carbocycles. The van der Waals surface area contributed by atoms with Crippen molar-refractivity contribution in [3.63, 3.8) is 0 Å². The van der Waals surface area contributed by atoms with Crippen molar-refractivity contribution in [2.24, 2.45) is 0 Å². The maximum absolute atomic E-state index is 6.01. The van der Waals surface area contributed by atoms with Crippen LogP contribution in [0, 0.1) is 6.92 Å². The Morgan fingerprint density at radius 3 is 2.64 bits per heavy atom. The maximum atomic E-state index is 6.01. The number of benzene rings is 1. The molecule has 1 aromatic heterocycles. The minimum Gasteiger partial charge on any atom is -0.491 e. The highest BCUT2D eigenvalue weighted by Crippen LogP contribution is 2.30. The molecule has 122 valence electrons. The van der Waals surface area contributed by atoms with Gasteiger partial charge in [0.05, 0.1) is 6.10 Å². The quantitative estimate of drug-likeness (QED) is 0.719. The summed E-state index contributed by atoms with van der Waals surface area (Å²) in [7, 11) is 0. The van der Waals surface area contributed by atoms with Crippen LogP contribution in [0.2, 0.25) is 0 Å². The normalized spacial score (nSPS) is 12.8. The molecule has 1 aromatic carbocycles. The number of aromatic nitrogens is 1. The van der Waals surface area contributed by atoms with E-state index in [1.54, 1.807) is 0 Å². The van der Waals surface area contributed by atoms with E-state index < -0.39 is 0 Å². The van der Waals surface area contributed by atoms with Crippen LogP contribution in [0.3, 0.4) is 0 Å². The molecular weight excluding hydrogens is 272 g/mol. The van der Waals surface area contributed by atoms with Gasteiger partial charge in [0.25, 0.3) is 0 Å². The SMILES string of the molecule is CCCNCc1c(C)n(CC)c2ccc(O[C@@H](C)CC)cc12. The molecule has 3 nitrogen and oxygen atoms in total. The average Bonchev–Trinajstić information content (AvgIpc) is 2.78. The highest BCUT2D eigenvalue weighted by molar-refractivity contribution is 5.87. The molecule has 0 spiro atoms. The van der Waals surface area contributed by atoms with Gasteiger partial charge in [-0.3, -0.25) is 0 Å². The van der Waals surface area contributed by atoms with Crippen molar-refractivity contribution in [2.45, 2.75) is 66.7 Å².